The molecule has 0 radical (unpaired) electrons. The molecule has 0 saturated carbocycles. The summed E-state index contributed by atoms with van der Waals surface area (Å²) in [7, 11) is 0. The van der Waals surface area contributed by atoms with E-state index in [1.54, 1.807) is 41.2 Å². The van der Waals surface area contributed by atoms with Gasteiger partial charge in [-0.05, 0) is 24.3 Å². The summed E-state index contributed by atoms with van der Waals surface area (Å²) in [6, 6.07) is 19.6. The lowest BCUT2D eigenvalue weighted by molar-refractivity contribution is -0.122. The fourth-order valence-electron chi connectivity index (χ4n) is 3.38. The Morgan fingerprint density at radius 1 is 0.914 bits per heavy atom. The van der Waals surface area contributed by atoms with E-state index in [1.807, 2.05) is 36.4 Å². The molecule has 11 heteroatoms. The topological polar surface area (TPSA) is 129 Å². The molecule has 174 valence electrons. The monoisotopic (exact) mass is 468 g/mol. The molecule has 4 heterocycles. The van der Waals surface area contributed by atoms with E-state index >= 15 is 0 Å². The zero-order chi connectivity index (χ0) is 24.0. The summed E-state index contributed by atoms with van der Waals surface area (Å²) in [6.07, 6.45) is 3.29. The number of nitrogens with one attached hydrogen (secondary N) is 1. The van der Waals surface area contributed by atoms with Crippen LogP contribution >= 0.6 is 0 Å². The number of hydrogen-bond donors (Lipinski definition) is 1. The molecule has 1 amide bonds. The maximum atomic E-state index is 12.4. The van der Waals surface area contributed by atoms with Gasteiger partial charge in [0.05, 0.1) is 12.2 Å². The molecule has 4 aromatic heterocycles. The predicted molar refractivity (Wildman–Crippen MR) is 126 cm³/mol. The first kappa shape index (κ1) is 21.9. The summed E-state index contributed by atoms with van der Waals surface area (Å²) in [5.74, 6) is 0.608. The maximum absolute atomic E-state index is 12.4. The van der Waals surface area contributed by atoms with Crippen molar-refractivity contribution >= 4 is 11.6 Å². The number of pyridine rings is 1. The van der Waals surface area contributed by atoms with Crippen LogP contribution < -0.4 is 15.6 Å². The SMILES string of the molecule is O=C(Cn1nc(-c2cccnc2)ccc1=O)NCCOc1ccc2nnc(-c3ccccc3)n2n1. The van der Waals surface area contributed by atoms with Gasteiger partial charge in [0.15, 0.2) is 11.5 Å². The molecule has 0 fully saturated rings. The highest BCUT2D eigenvalue weighted by atomic mass is 16.5. The molecular weight excluding hydrogens is 448 g/mol. The van der Waals surface area contributed by atoms with E-state index in [4.69, 9.17) is 4.74 Å². The van der Waals surface area contributed by atoms with Crippen molar-refractivity contribution in [1.82, 2.24) is 39.9 Å². The number of nitrogens with zero attached hydrogens (tertiary/aromatic N) is 7. The van der Waals surface area contributed by atoms with Gasteiger partial charge in [-0.15, -0.1) is 15.3 Å². The number of fused-ring (bicyclic) bond motifs is 1. The Morgan fingerprint density at radius 3 is 2.60 bits per heavy atom. The van der Waals surface area contributed by atoms with Crippen molar-refractivity contribution in [3.8, 4) is 28.5 Å². The standard InChI is InChI=1S/C24H20N8O3/c33-21(16-31-23(34)11-8-19(29-31)18-7-4-12-25-15-18)26-13-14-35-22-10-9-20-27-28-24(32(20)30-22)17-5-2-1-3-6-17/h1-12,15H,13-14,16H2,(H,26,33). The van der Waals surface area contributed by atoms with Gasteiger partial charge in [0.1, 0.15) is 13.2 Å². The summed E-state index contributed by atoms with van der Waals surface area (Å²) in [5, 5.41) is 19.8. The van der Waals surface area contributed by atoms with E-state index in [9.17, 15) is 9.59 Å². The molecule has 0 aliphatic heterocycles. The number of amides is 1. The van der Waals surface area contributed by atoms with Crippen LogP contribution in [0.4, 0.5) is 0 Å². The largest absolute Gasteiger partial charge is 0.475 e. The summed E-state index contributed by atoms with van der Waals surface area (Å²) < 4.78 is 8.41. The molecule has 5 rings (SSSR count). The molecule has 5 aromatic rings. The van der Waals surface area contributed by atoms with E-state index in [2.05, 4.69) is 30.7 Å². The lowest BCUT2D eigenvalue weighted by atomic mass is 10.2. The minimum Gasteiger partial charge on any atom is -0.475 e. The Kier molecular flexibility index (Phi) is 6.20. The zero-order valence-electron chi connectivity index (χ0n) is 18.5. The number of benzene rings is 1. The van der Waals surface area contributed by atoms with Crippen molar-refractivity contribution in [2.24, 2.45) is 0 Å². The van der Waals surface area contributed by atoms with Crippen LogP contribution in [0, 0.1) is 0 Å². The third-order valence-corrected chi connectivity index (χ3v) is 5.06. The Bertz CT molecular complexity index is 1520. The van der Waals surface area contributed by atoms with Gasteiger partial charge in [-0.3, -0.25) is 14.6 Å². The number of carbonyl (C=O) groups is 1. The summed E-state index contributed by atoms with van der Waals surface area (Å²) in [6.45, 7) is 0.201. The van der Waals surface area contributed by atoms with Crippen molar-refractivity contribution in [2.75, 3.05) is 13.2 Å². The Labute approximate surface area is 199 Å². The van der Waals surface area contributed by atoms with Crippen molar-refractivity contribution in [3.63, 3.8) is 0 Å². The Hall–Kier alpha value is -4.93. The van der Waals surface area contributed by atoms with Crippen LogP contribution in [0.5, 0.6) is 5.88 Å². The number of hydrogen-bond acceptors (Lipinski definition) is 8. The first-order chi connectivity index (χ1) is 17.2. The van der Waals surface area contributed by atoms with Crippen LogP contribution in [0.1, 0.15) is 0 Å². The van der Waals surface area contributed by atoms with Crippen molar-refractivity contribution in [3.05, 3.63) is 89.5 Å². The molecule has 0 spiro atoms. The molecule has 1 N–H and O–H groups in total. The zero-order valence-corrected chi connectivity index (χ0v) is 18.5. The average Bonchev–Trinajstić information content (AvgIpc) is 3.32. The number of aromatic nitrogens is 7. The van der Waals surface area contributed by atoms with Gasteiger partial charge in [-0.2, -0.15) is 9.61 Å². The van der Waals surface area contributed by atoms with Crippen LogP contribution in [0.15, 0.2) is 83.9 Å². The van der Waals surface area contributed by atoms with Gasteiger partial charge in [-0.1, -0.05) is 30.3 Å². The Morgan fingerprint density at radius 2 is 1.77 bits per heavy atom. The van der Waals surface area contributed by atoms with E-state index in [-0.39, 0.29) is 31.2 Å². The first-order valence-corrected chi connectivity index (χ1v) is 10.8. The van der Waals surface area contributed by atoms with Gasteiger partial charge < -0.3 is 10.1 Å². The summed E-state index contributed by atoms with van der Waals surface area (Å²) in [4.78, 5) is 28.5. The lowest BCUT2D eigenvalue weighted by Gasteiger charge is -2.09. The van der Waals surface area contributed by atoms with Crippen LogP contribution in [-0.4, -0.2) is 53.6 Å². The second-order valence-corrected chi connectivity index (χ2v) is 7.49. The molecule has 0 unspecified atom stereocenters. The molecule has 0 saturated heterocycles. The van der Waals surface area contributed by atoms with Gasteiger partial charge in [0.25, 0.3) is 5.56 Å². The predicted octanol–water partition coefficient (Wildman–Crippen LogP) is 1.61. The van der Waals surface area contributed by atoms with Crippen LogP contribution in [-0.2, 0) is 11.3 Å². The van der Waals surface area contributed by atoms with Crippen LogP contribution in [0.2, 0.25) is 0 Å². The highest BCUT2D eigenvalue weighted by molar-refractivity contribution is 5.75. The fourth-order valence-corrected chi connectivity index (χ4v) is 3.38. The van der Waals surface area contributed by atoms with Gasteiger partial charge >= 0.3 is 0 Å². The number of carbonyl (C=O) groups excluding carboxylic acids is 1. The van der Waals surface area contributed by atoms with Gasteiger partial charge in [0, 0.05) is 35.7 Å². The van der Waals surface area contributed by atoms with Crippen LogP contribution in [0.25, 0.3) is 28.3 Å². The second-order valence-electron chi connectivity index (χ2n) is 7.49. The van der Waals surface area contributed by atoms with E-state index in [0.29, 0.717) is 23.0 Å². The van der Waals surface area contributed by atoms with Crippen molar-refractivity contribution < 1.29 is 9.53 Å². The quantitative estimate of drug-likeness (QED) is 0.340. The van der Waals surface area contributed by atoms with Crippen LogP contribution in [0.3, 0.4) is 0 Å². The maximum Gasteiger partial charge on any atom is 0.267 e. The minimum atomic E-state index is -0.371. The molecule has 0 aliphatic carbocycles. The number of ether oxygens (including phenoxy) is 1. The molecule has 0 bridgehead atoms. The average molecular weight is 468 g/mol. The third kappa shape index (κ3) is 5.03. The molecule has 35 heavy (non-hydrogen) atoms. The Balaban J connectivity index is 1.18. The molecular formula is C24H20N8O3. The molecule has 11 nitrogen and oxygen atoms in total. The first-order valence-electron chi connectivity index (χ1n) is 10.8. The normalized spacial score (nSPS) is 10.9. The molecule has 0 atom stereocenters. The van der Waals surface area contributed by atoms with E-state index < -0.39 is 0 Å². The van der Waals surface area contributed by atoms with Crippen molar-refractivity contribution in [1.29, 1.82) is 0 Å². The lowest BCUT2D eigenvalue weighted by Crippen LogP contribution is -2.35. The summed E-state index contributed by atoms with van der Waals surface area (Å²) >= 11 is 0. The van der Waals surface area contributed by atoms with Gasteiger partial charge in [-0.25, -0.2) is 4.68 Å². The van der Waals surface area contributed by atoms with Gasteiger partial charge in [0.2, 0.25) is 11.8 Å². The van der Waals surface area contributed by atoms with Crippen molar-refractivity contribution in [2.45, 2.75) is 6.54 Å². The molecule has 1 aromatic carbocycles. The molecule has 0 aliphatic rings. The highest BCUT2D eigenvalue weighted by Gasteiger charge is 2.11. The third-order valence-electron chi connectivity index (χ3n) is 5.06. The number of rotatable bonds is 8. The smallest absolute Gasteiger partial charge is 0.267 e. The van der Waals surface area contributed by atoms with E-state index in [0.717, 1.165) is 15.8 Å². The summed E-state index contributed by atoms with van der Waals surface area (Å²) in [5.41, 5.74) is 2.41. The minimum absolute atomic E-state index is 0.186. The fraction of sp³-hybridized carbons (Fsp3) is 0.125. The second kappa shape index (κ2) is 9.91. The van der Waals surface area contributed by atoms with E-state index in [1.165, 1.54) is 6.07 Å². The highest BCUT2D eigenvalue weighted by Crippen LogP contribution is 2.18.